The second kappa shape index (κ2) is 4.41. The van der Waals surface area contributed by atoms with Crippen molar-refractivity contribution < 1.29 is 0 Å². The standard InChI is InChI=1S/C10H11BrN2S/c11-9-8(6-12)13-10(14-9)7-4-2-1-3-5-7/h7H,1-5H2. The van der Waals surface area contributed by atoms with Gasteiger partial charge in [0.15, 0.2) is 5.69 Å². The Morgan fingerprint density at radius 3 is 2.64 bits per heavy atom. The van der Waals surface area contributed by atoms with Gasteiger partial charge in [-0.05, 0) is 28.8 Å². The van der Waals surface area contributed by atoms with E-state index in [4.69, 9.17) is 5.26 Å². The van der Waals surface area contributed by atoms with Crippen molar-refractivity contribution in [3.63, 3.8) is 0 Å². The number of rotatable bonds is 1. The van der Waals surface area contributed by atoms with Crippen molar-refractivity contribution in [2.75, 3.05) is 0 Å². The first-order valence-electron chi connectivity index (χ1n) is 4.87. The SMILES string of the molecule is N#Cc1nc(C2CCCCC2)sc1Br. The van der Waals surface area contributed by atoms with Crippen LogP contribution in [-0.2, 0) is 0 Å². The molecule has 1 aromatic rings. The van der Waals surface area contributed by atoms with Gasteiger partial charge in [-0.3, -0.25) is 0 Å². The molecule has 1 fully saturated rings. The van der Waals surface area contributed by atoms with Crippen LogP contribution in [0.5, 0.6) is 0 Å². The number of hydrogen-bond donors (Lipinski definition) is 0. The Morgan fingerprint density at radius 2 is 2.07 bits per heavy atom. The van der Waals surface area contributed by atoms with Crippen LogP contribution in [0.2, 0.25) is 0 Å². The van der Waals surface area contributed by atoms with Gasteiger partial charge in [0.2, 0.25) is 0 Å². The fourth-order valence-corrected chi connectivity index (χ4v) is 3.50. The van der Waals surface area contributed by atoms with E-state index in [1.54, 1.807) is 11.3 Å². The fourth-order valence-electron chi connectivity index (χ4n) is 1.91. The van der Waals surface area contributed by atoms with E-state index in [-0.39, 0.29) is 0 Å². The van der Waals surface area contributed by atoms with Crippen LogP contribution in [-0.4, -0.2) is 4.98 Å². The third-order valence-electron chi connectivity index (χ3n) is 2.66. The zero-order valence-electron chi connectivity index (χ0n) is 7.79. The summed E-state index contributed by atoms with van der Waals surface area (Å²) in [6.45, 7) is 0. The highest BCUT2D eigenvalue weighted by molar-refractivity contribution is 9.11. The molecule has 0 bridgehead atoms. The van der Waals surface area contributed by atoms with Crippen molar-refractivity contribution in [2.24, 2.45) is 0 Å². The lowest BCUT2D eigenvalue weighted by Gasteiger charge is -2.18. The summed E-state index contributed by atoms with van der Waals surface area (Å²) in [4.78, 5) is 4.36. The number of hydrogen-bond acceptors (Lipinski definition) is 3. The molecular weight excluding hydrogens is 260 g/mol. The van der Waals surface area contributed by atoms with Crippen LogP contribution in [0.3, 0.4) is 0 Å². The van der Waals surface area contributed by atoms with Crippen LogP contribution in [0, 0.1) is 11.3 Å². The van der Waals surface area contributed by atoms with Crippen LogP contribution in [0.25, 0.3) is 0 Å². The summed E-state index contributed by atoms with van der Waals surface area (Å²) in [6, 6.07) is 2.11. The maximum absolute atomic E-state index is 8.79. The molecule has 0 aromatic carbocycles. The van der Waals surface area contributed by atoms with Gasteiger partial charge in [0.1, 0.15) is 9.86 Å². The van der Waals surface area contributed by atoms with Gasteiger partial charge in [0.05, 0.1) is 5.01 Å². The van der Waals surface area contributed by atoms with Crippen molar-refractivity contribution in [2.45, 2.75) is 38.0 Å². The predicted molar refractivity (Wildman–Crippen MR) is 60.4 cm³/mol. The minimum Gasteiger partial charge on any atom is -0.229 e. The van der Waals surface area contributed by atoms with Gasteiger partial charge < -0.3 is 0 Å². The molecule has 1 aliphatic rings. The summed E-state index contributed by atoms with van der Waals surface area (Å²) in [5, 5.41) is 9.94. The lowest BCUT2D eigenvalue weighted by Crippen LogP contribution is -2.03. The van der Waals surface area contributed by atoms with Crippen molar-refractivity contribution in [1.29, 1.82) is 5.26 Å². The van der Waals surface area contributed by atoms with Gasteiger partial charge in [-0.1, -0.05) is 19.3 Å². The molecule has 1 heterocycles. The maximum atomic E-state index is 8.79. The Bertz CT molecular complexity index is 361. The second-order valence-corrected chi connectivity index (χ2v) is 5.97. The van der Waals surface area contributed by atoms with Crippen LogP contribution >= 0.6 is 27.3 Å². The van der Waals surface area contributed by atoms with Gasteiger partial charge in [-0.15, -0.1) is 11.3 Å². The van der Waals surface area contributed by atoms with Crippen molar-refractivity contribution in [3.8, 4) is 6.07 Å². The molecule has 1 aromatic heterocycles. The molecular formula is C10H11BrN2S. The zero-order chi connectivity index (χ0) is 9.97. The topological polar surface area (TPSA) is 36.7 Å². The van der Waals surface area contributed by atoms with E-state index in [1.165, 1.54) is 32.1 Å². The molecule has 74 valence electrons. The number of halogens is 1. The first kappa shape index (κ1) is 10.1. The Kier molecular flexibility index (Phi) is 3.19. The number of aromatic nitrogens is 1. The number of thiazole rings is 1. The maximum Gasteiger partial charge on any atom is 0.165 e. The highest BCUT2D eigenvalue weighted by atomic mass is 79.9. The van der Waals surface area contributed by atoms with Crippen LogP contribution in [0.1, 0.15) is 48.7 Å². The second-order valence-electron chi connectivity index (χ2n) is 3.62. The monoisotopic (exact) mass is 270 g/mol. The Labute approximate surface area is 96.1 Å². The highest BCUT2D eigenvalue weighted by Crippen LogP contribution is 2.37. The van der Waals surface area contributed by atoms with Crippen molar-refractivity contribution in [1.82, 2.24) is 4.98 Å². The molecule has 0 saturated heterocycles. The van der Waals surface area contributed by atoms with Crippen LogP contribution in [0.4, 0.5) is 0 Å². The molecule has 0 aliphatic heterocycles. The average Bonchev–Trinajstić information content (AvgIpc) is 2.61. The quantitative estimate of drug-likeness (QED) is 0.778. The van der Waals surface area contributed by atoms with E-state index in [2.05, 4.69) is 27.0 Å². The van der Waals surface area contributed by atoms with Gasteiger partial charge in [-0.25, -0.2) is 4.98 Å². The summed E-state index contributed by atoms with van der Waals surface area (Å²) >= 11 is 5.01. The van der Waals surface area contributed by atoms with Crippen molar-refractivity contribution in [3.05, 3.63) is 14.5 Å². The van der Waals surface area contributed by atoms with E-state index in [0.717, 1.165) is 8.79 Å². The molecule has 0 radical (unpaired) electrons. The molecule has 2 rings (SSSR count). The molecule has 0 unspecified atom stereocenters. The minimum absolute atomic E-state index is 0.551. The summed E-state index contributed by atoms with van der Waals surface area (Å²) in [5.41, 5.74) is 0.551. The Morgan fingerprint density at radius 1 is 1.36 bits per heavy atom. The zero-order valence-corrected chi connectivity index (χ0v) is 10.2. The molecule has 2 nitrogen and oxygen atoms in total. The first-order valence-corrected chi connectivity index (χ1v) is 6.48. The largest absolute Gasteiger partial charge is 0.229 e. The number of nitrogens with zero attached hydrogens (tertiary/aromatic N) is 2. The van der Waals surface area contributed by atoms with Crippen LogP contribution in [0.15, 0.2) is 3.79 Å². The van der Waals surface area contributed by atoms with E-state index in [0.29, 0.717) is 11.6 Å². The summed E-state index contributed by atoms with van der Waals surface area (Å²) in [6.07, 6.45) is 6.46. The van der Waals surface area contributed by atoms with Gasteiger partial charge >= 0.3 is 0 Å². The molecule has 4 heteroatoms. The summed E-state index contributed by atoms with van der Waals surface area (Å²) in [5.74, 6) is 0.604. The third kappa shape index (κ3) is 1.99. The van der Waals surface area contributed by atoms with E-state index < -0.39 is 0 Å². The molecule has 0 atom stereocenters. The smallest absolute Gasteiger partial charge is 0.165 e. The summed E-state index contributed by atoms with van der Waals surface area (Å²) < 4.78 is 0.889. The van der Waals surface area contributed by atoms with Gasteiger partial charge in [-0.2, -0.15) is 5.26 Å². The third-order valence-corrected chi connectivity index (χ3v) is 4.53. The number of nitriles is 1. The Balaban J connectivity index is 2.19. The lowest BCUT2D eigenvalue weighted by atomic mass is 9.90. The predicted octanol–water partition coefficient (Wildman–Crippen LogP) is 3.82. The molecule has 0 N–H and O–H groups in total. The van der Waals surface area contributed by atoms with E-state index in [1.807, 2.05) is 0 Å². The highest BCUT2D eigenvalue weighted by Gasteiger charge is 2.20. The molecule has 0 spiro atoms. The molecule has 1 saturated carbocycles. The van der Waals surface area contributed by atoms with Crippen LogP contribution < -0.4 is 0 Å². The lowest BCUT2D eigenvalue weighted by molar-refractivity contribution is 0.442. The minimum atomic E-state index is 0.551. The fraction of sp³-hybridized carbons (Fsp3) is 0.600. The molecule has 1 aliphatic carbocycles. The van der Waals surface area contributed by atoms with Gasteiger partial charge in [0, 0.05) is 5.92 Å². The summed E-state index contributed by atoms with van der Waals surface area (Å²) in [7, 11) is 0. The van der Waals surface area contributed by atoms with Crippen molar-refractivity contribution >= 4 is 27.3 Å². The molecule has 0 amide bonds. The average molecular weight is 271 g/mol. The normalized spacial score (nSPS) is 18.0. The molecule has 14 heavy (non-hydrogen) atoms. The first-order chi connectivity index (χ1) is 6.81. The Hall–Kier alpha value is -0.400. The van der Waals surface area contributed by atoms with E-state index in [9.17, 15) is 0 Å². The van der Waals surface area contributed by atoms with E-state index >= 15 is 0 Å². The van der Waals surface area contributed by atoms with Gasteiger partial charge in [0.25, 0.3) is 0 Å².